The molecule has 0 unspecified atom stereocenters. The summed E-state index contributed by atoms with van der Waals surface area (Å²) in [4.78, 5) is 21.8. The van der Waals surface area contributed by atoms with Crippen LogP contribution in [0, 0.1) is 11.6 Å². The number of rotatable bonds is 5. The molecule has 0 aliphatic carbocycles. The molecule has 2 aliphatic rings. The summed E-state index contributed by atoms with van der Waals surface area (Å²) in [5, 5.41) is 0.780. The van der Waals surface area contributed by atoms with E-state index in [0.29, 0.717) is 37.6 Å². The number of hydrogen-bond donors (Lipinski definition) is 0. The monoisotopic (exact) mass is 513 g/mol. The normalized spacial score (nSPS) is 17.1. The van der Waals surface area contributed by atoms with Crippen LogP contribution in [0.2, 0.25) is 5.02 Å². The Kier molecular flexibility index (Phi) is 7.16. The number of carbonyl (C=O) groups is 1. The third-order valence-electron chi connectivity index (χ3n) is 7.09. The number of aromatic nitrogens is 1. The minimum absolute atomic E-state index is 0.00257. The first kappa shape index (κ1) is 24.6. The molecule has 6 nitrogen and oxygen atoms in total. The fourth-order valence-electron chi connectivity index (χ4n) is 5.06. The van der Waals surface area contributed by atoms with Crippen LogP contribution in [0.3, 0.4) is 0 Å². The van der Waals surface area contributed by atoms with Crippen LogP contribution in [0.25, 0.3) is 0 Å². The molecule has 2 aliphatic heterocycles. The molecule has 2 fully saturated rings. The summed E-state index contributed by atoms with van der Waals surface area (Å²) in [6.07, 6.45) is 2.03. The van der Waals surface area contributed by atoms with E-state index < -0.39 is 11.6 Å². The SMILES string of the molecule is Cn1cc(CN2CCN(c3ccccc3Cl)CC2)cc1C(=O)N1CCN(c2ccc(F)c(F)c2)CC1. The van der Waals surface area contributed by atoms with Crippen LogP contribution in [0.15, 0.2) is 54.7 Å². The van der Waals surface area contributed by atoms with Crippen molar-refractivity contribution in [2.75, 3.05) is 62.2 Å². The largest absolute Gasteiger partial charge is 0.368 e. The summed E-state index contributed by atoms with van der Waals surface area (Å²) < 4.78 is 28.8. The van der Waals surface area contributed by atoms with Gasteiger partial charge in [0, 0.05) is 83.9 Å². The number of halogens is 3. The van der Waals surface area contributed by atoms with Crippen LogP contribution < -0.4 is 9.80 Å². The molecule has 0 spiro atoms. The molecular formula is C27H30ClF2N5O. The average Bonchev–Trinajstić information content (AvgIpc) is 3.26. The van der Waals surface area contributed by atoms with Crippen LogP contribution in [0.4, 0.5) is 20.2 Å². The molecule has 9 heteroatoms. The number of carbonyl (C=O) groups excluding carboxylic acids is 1. The van der Waals surface area contributed by atoms with Crippen LogP contribution in [-0.2, 0) is 13.6 Å². The molecule has 3 aromatic rings. The van der Waals surface area contributed by atoms with Gasteiger partial charge in [-0.15, -0.1) is 0 Å². The minimum atomic E-state index is -0.854. The van der Waals surface area contributed by atoms with Gasteiger partial charge in [-0.25, -0.2) is 8.78 Å². The van der Waals surface area contributed by atoms with Gasteiger partial charge in [-0.2, -0.15) is 0 Å². The first-order valence-corrected chi connectivity index (χ1v) is 12.6. The lowest BCUT2D eigenvalue weighted by atomic mass is 10.2. The van der Waals surface area contributed by atoms with Crippen LogP contribution in [0.5, 0.6) is 0 Å². The van der Waals surface area contributed by atoms with Gasteiger partial charge in [0.25, 0.3) is 5.91 Å². The van der Waals surface area contributed by atoms with Gasteiger partial charge in [-0.3, -0.25) is 9.69 Å². The fourth-order valence-corrected chi connectivity index (χ4v) is 5.31. The van der Waals surface area contributed by atoms with Crippen LogP contribution in [0.1, 0.15) is 16.1 Å². The molecule has 0 bridgehead atoms. The lowest BCUT2D eigenvalue weighted by Crippen LogP contribution is -2.49. The zero-order chi connectivity index (χ0) is 25.2. The van der Waals surface area contributed by atoms with Crippen molar-refractivity contribution >= 4 is 28.9 Å². The van der Waals surface area contributed by atoms with Gasteiger partial charge < -0.3 is 19.3 Å². The molecule has 0 N–H and O–H groups in total. The number of nitrogens with zero attached hydrogens (tertiary/aromatic N) is 5. The van der Waals surface area contributed by atoms with Gasteiger partial charge >= 0.3 is 0 Å². The highest BCUT2D eigenvalue weighted by molar-refractivity contribution is 6.33. The van der Waals surface area contributed by atoms with Crippen molar-refractivity contribution in [1.82, 2.24) is 14.4 Å². The van der Waals surface area contributed by atoms with E-state index in [1.807, 2.05) is 51.9 Å². The Labute approximate surface area is 215 Å². The van der Waals surface area contributed by atoms with Gasteiger partial charge in [-0.1, -0.05) is 23.7 Å². The summed E-state index contributed by atoms with van der Waals surface area (Å²) >= 11 is 6.36. The second-order valence-corrected chi connectivity index (χ2v) is 9.84. The Bertz CT molecular complexity index is 1230. The standard InChI is InChI=1S/C27H30ClF2N5O/c1-31-18-20(19-32-8-10-34(11-9-32)25-5-3-2-4-22(25)28)16-26(31)27(36)35-14-12-33(13-15-35)21-6-7-23(29)24(30)17-21/h2-7,16-18H,8-15,19H2,1H3. The Morgan fingerprint density at radius 2 is 1.56 bits per heavy atom. The molecule has 3 heterocycles. The molecule has 5 rings (SSSR count). The molecule has 2 saturated heterocycles. The number of aryl methyl sites for hydroxylation is 1. The predicted octanol–water partition coefficient (Wildman–Crippen LogP) is 4.24. The van der Waals surface area contributed by atoms with Gasteiger partial charge in [0.1, 0.15) is 5.69 Å². The van der Waals surface area contributed by atoms with E-state index >= 15 is 0 Å². The molecule has 2 aromatic carbocycles. The Morgan fingerprint density at radius 3 is 2.25 bits per heavy atom. The molecular weight excluding hydrogens is 484 g/mol. The van der Waals surface area contributed by atoms with E-state index in [2.05, 4.69) is 15.9 Å². The quantitative estimate of drug-likeness (QED) is 0.511. The fraction of sp³-hybridized carbons (Fsp3) is 0.370. The predicted molar refractivity (Wildman–Crippen MR) is 139 cm³/mol. The van der Waals surface area contributed by atoms with Crippen LogP contribution in [-0.4, -0.2) is 72.6 Å². The topological polar surface area (TPSA) is 35.0 Å². The van der Waals surface area contributed by atoms with E-state index in [1.165, 1.54) is 6.07 Å². The number of piperazine rings is 2. The highest BCUT2D eigenvalue weighted by Gasteiger charge is 2.26. The Morgan fingerprint density at radius 1 is 0.861 bits per heavy atom. The average molecular weight is 514 g/mol. The van der Waals surface area contributed by atoms with Gasteiger partial charge in [-0.05, 0) is 35.9 Å². The molecule has 190 valence electrons. The molecule has 0 radical (unpaired) electrons. The smallest absolute Gasteiger partial charge is 0.270 e. The molecule has 0 saturated carbocycles. The minimum Gasteiger partial charge on any atom is -0.368 e. The number of amides is 1. The summed E-state index contributed by atoms with van der Waals surface area (Å²) in [6, 6.07) is 13.9. The van der Waals surface area contributed by atoms with Crippen molar-refractivity contribution in [2.45, 2.75) is 6.54 Å². The lowest BCUT2D eigenvalue weighted by molar-refractivity contribution is 0.0737. The Hall–Kier alpha value is -3.10. The maximum Gasteiger partial charge on any atom is 0.270 e. The van der Waals surface area contributed by atoms with E-state index in [0.717, 1.165) is 55.1 Å². The van der Waals surface area contributed by atoms with Crippen molar-refractivity contribution in [2.24, 2.45) is 7.05 Å². The number of para-hydroxylation sites is 1. The molecule has 1 amide bonds. The summed E-state index contributed by atoms with van der Waals surface area (Å²) in [7, 11) is 1.91. The van der Waals surface area contributed by atoms with Gasteiger partial charge in [0.05, 0.1) is 10.7 Å². The van der Waals surface area contributed by atoms with Crippen molar-refractivity contribution in [3.05, 3.63) is 82.6 Å². The summed E-state index contributed by atoms with van der Waals surface area (Å²) in [6.45, 7) is 6.67. The van der Waals surface area contributed by atoms with Crippen molar-refractivity contribution < 1.29 is 13.6 Å². The second kappa shape index (κ2) is 10.5. The highest BCUT2D eigenvalue weighted by Crippen LogP contribution is 2.26. The van der Waals surface area contributed by atoms with Gasteiger partial charge in [0.15, 0.2) is 11.6 Å². The highest BCUT2D eigenvalue weighted by atomic mass is 35.5. The summed E-state index contributed by atoms with van der Waals surface area (Å²) in [5.41, 5.74) is 3.50. The lowest BCUT2D eigenvalue weighted by Gasteiger charge is -2.36. The number of anilines is 2. The maximum absolute atomic E-state index is 13.6. The Balaban J connectivity index is 1.15. The third-order valence-corrected chi connectivity index (χ3v) is 7.41. The van der Waals surface area contributed by atoms with Crippen molar-refractivity contribution in [3.8, 4) is 0 Å². The molecule has 1 aromatic heterocycles. The van der Waals surface area contributed by atoms with Crippen molar-refractivity contribution in [3.63, 3.8) is 0 Å². The van der Waals surface area contributed by atoms with E-state index in [9.17, 15) is 13.6 Å². The first-order chi connectivity index (χ1) is 17.4. The third kappa shape index (κ3) is 5.20. The zero-order valence-corrected chi connectivity index (χ0v) is 21.1. The molecule has 36 heavy (non-hydrogen) atoms. The van der Waals surface area contributed by atoms with E-state index in [1.54, 1.807) is 6.07 Å². The molecule has 0 atom stereocenters. The maximum atomic E-state index is 13.6. The first-order valence-electron chi connectivity index (χ1n) is 12.3. The van der Waals surface area contributed by atoms with Gasteiger partial charge in [0.2, 0.25) is 0 Å². The van der Waals surface area contributed by atoms with Crippen LogP contribution >= 0.6 is 11.6 Å². The summed E-state index contributed by atoms with van der Waals surface area (Å²) in [5.74, 6) is -1.71. The zero-order valence-electron chi connectivity index (χ0n) is 20.3. The van der Waals surface area contributed by atoms with Crippen molar-refractivity contribution in [1.29, 1.82) is 0 Å². The van der Waals surface area contributed by atoms with E-state index in [4.69, 9.17) is 11.6 Å². The number of benzene rings is 2. The van der Waals surface area contributed by atoms with E-state index in [-0.39, 0.29) is 5.91 Å². The number of hydrogen-bond acceptors (Lipinski definition) is 4. The second-order valence-electron chi connectivity index (χ2n) is 9.44.